The lowest BCUT2D eigenvalue weighted by atomic mass is 10.0. The zero-order valence-corrected chi connectivity index (χ0v) is 11.5. The number of ether oxygens (including phenoxy) is 1. The highest BCUT2D eigenvalue weighted by Gasteiger charge is 2.17. The normalized spacial score (nSPS) is 12.8. The predicted molar refractivity (Wildman–Crippen MR) is 68.7 cm³/mol. The smallest absolute Gasteiger partial charge is 0.387 e. The highest BCUT2D eigenvalue weighted by atomic mass is 32.1. The van der Waals surface area contributed by atoms with Crippen molar-refractivity contribution in [3.8, 4) is 5.75 Å². The molecule has 0 saturated heterocycles. The molecule has 19 heavy (non-hydrogen) atoms. The minimum absolute atomic E-state index is 0.108. The van der Waals surface area contributed by atoms with Crippen molar-refractivity contribution >= 4 is 17.2 Å². The summed E-state index contributed by atoms with van der Waals surface area (Å²) in [5.74, 6) is -0.486. The van der Waals surface area contributed by atoms with E-state index in [0.29, 0.717) is 6.42 Å². The van der Waals surface area contributed by atoms with Crippen LogP contribution < -0.4 is 10.1 Å². The first kappa shape index (κ1) is 15.8. The third-order valence-corrected chi connectivity index (χ3v) is 3.44. The molecule has 1 aromatic rings. The van der Waals surface area contributed by atoms with E-state index < -0.39 is 18.6 Å². The van der Waals surface area contributed by atoms with Crippen LogP contribution in [0.1, 0.15) is 29.9 Å². The van der Waals surface area contributed by atoms with Gasteiger partial charge in [0.1, 0.15) is 10.6 Å². The minimum atomic E-state index is -2.95. The van der Waals surface area contributed by atoms with E-state index in [1.54, 1.807) is 0 Å². The van der Waals surface area contributed by atoms with E-state index in [1.807, 2.05) is 13.8 Å². The van der Waals surface area contributed by atoms with Crippen molar-refractivity contribution in [1.82, 2.24) is 5.32 Å². The molecule has 1 heterocycles. The number of aliphatic hydroxyl groups excluding tert-OH is 1. The fourth-order valence-corrected chi connectivity index (χ4v) is 2.14. The largest absolute Gasteiger partial charge is 0.433 e. The first-order chi connectivity index (χ1) is 8.91. The van der Waals surface area contributed by atoms with Gasteiger partial charge in [-0.3, -0.25) is 4.79 Å². The van der Waals surface area contributed by atoms with Crippen LogP contribution in [0.25, 0.3) is 0 Å². The van der Waals surface area contributed by atoms with E-state index >= 15 is 0 Å². The Morgan fingerprint density at radius 3 is 2.79 bits per heavy atom. The van der Waals surface area contributed by atoms with Crippen molar-refractivity contribution < 1.29 is 23.4 Å². The first-order valence-corrected chi connectivity index (χ1v) is 6.78. The van der Waals surface area contributed by atoms with Crippen molar-refractivity contribution in [2.24, 2.45) is 5.92 Å². The van der Waals surface area contributed by atoms with E-state index in [9.17, 15) is 18.7 Å². The van der Waals surface area contributed by atoms with Gasteiger partial charge in [-0.25, -0.2) is 0 Å². The molecular formula is C12H17F2NO3S. The molecule has 0 aromatic carbocycles. The maximum Gasteiger partial charge on any atom is 0.387 e. The van der Waals surface area contributed by atoms with Crippen molar-refractivity contribution in [1.29, 1.82) is 0 Å². The Morgan fingerprint density at radius 1 is 1.53 bits per heavy atom. The van der Waals surface area contributed by atoms with Gasteiger partial charge in [-0.2, -0.15) is 8.78 Å². The van der Waals surface area contributed by atoms with Gasteiger partial charge in [0, 0.05) is 6.54 Å². The highest BCUT2D eigenvalue weighted by Crippen LogP contribution is 2.26. The van der Waals surface area contributed by atoms with E-state index in [4.69, 9.17) is 0 Å². The molecule has 2 N–H and O–H groups in total. The Hall–Kier alpha value is -1.21. The summed E-state index contributed by atoms with van der Waals surface area (Å²) in [4.78, 5) is 11.9. The lowest BCUT2D eigenvalue weighted by Crippen LogP contribution is -2.28. The zero-order valence-electron chi connectivity index (χ0n) is 10.7. The van der Waals surface area contributed by atoms with Gasteiger partial charge in [-0.15, -0.1) is 11.3 Å². The van der Waals surface area contributed by atoms with Crippen molar-refractivity contribution in [2.45, 2.75) is 33.0 Å². The Morgan fingerprint density at radius 2 is 2.21 bits per heavy atom. The van der Waals surface area contributed by atoms with E-state index in [1.165, 1.54) is 11.4 Å². The molecule has 0 aliphatic carbocycles. The topological polar surface area (TPSA) is 58.6 Å². The second-order valence-corrected chi connectivity index (χ2v) is 5.26. The summed E-state index contributed by atoms with van der Waals surface area (Å²) in [7, 11) is 0. The van der Waals surface area contributed by atoms with Crippen LogP contribution >= 0.6 is 11.3 Å². The predicted octanol–water partition coefficient (Wildman–Crippen LogP) is 2.49. The number of nitrogens with one attached hydrogen (secondary N) is 1. The molecular weight excluding hydrogens is 276 g/mol. The van der Waals surface area contributed by atoms with Crippen LogP contribution in [0.15, 0.2) is 11.4 Å². The molecule has 108 valence electrons. The maximum absolute atomic E-state index is 12.1. The van der Waals surface area contributed by atoms with Gasteiger partial charge < -0.3 is 15.2 Å². The fraction of sp³-hybridized carbons (Fsp3) is 0.583. The van der Waals surface area contributed by atoms with Gasteiger partial charge in [0.05, 0.1) is 6.10 Å². The van der Waals surface area contributed by atoms with Gasteiger partial charge in [0.2, 0.25) is 0 Å². The fourth-order valence-electron chi connectivity index (χ4n) is 1.40. The quantitative estimate of drug-likeness (QED) is 0.812. The molecule has 0 bridgehead atoms. The zero-order chi connectivity index (χ0) is 14.4. The first-order valence-electron chi connectivity index (χ1n) is 5.90. The van der Waals surface area contributed by atoms with Crippen LogP contribution in [0.3, 0.4) is 0 Å². The Labute approximate surface area is 114 Å². The number of alkyl halides is 2. The van der Waals surface area contributed by atoms with Crippen LogP contribution in [-0.2, 0) is 0 Å². The van der Waals surface area contributed by atoms with E-state index in [0.717, 1.165) is 11.3 Å². The number of amides is 1. The molecule has 0 aliphatic heterocycles. The van der Waals surface area contributed by atoms with Crippen LogP contribution in [0.4, 0.5) is 8.78 Å². The summed E-state index contributed by atoms with van der Waals surface area (Å²) < 4.78 is 28.5. The number of aliphatic hydroxyl groups is 1. The highest BCUT2D eigenvalue weighted by molar-refractivity contribution is 7.12. The summed E-state index contributed by atoms with van der Waals surface area (Å²) >= 11 is 1.03. The molecule has 0 fully saturated rings. The SMILES string of the molecule is CC(C)[C@@H](O)CCNC(=O)c1sccc1OC(F)F. The van der Waals surface area contributed by atoms with Gasteiger partial charge in [0.15, 0.2) is 0 Å². The Bertz CT molecular complexity index is 409. The number of carbonyl (C=O) groups excluding carboxylic acids is 1. The second kappa shape index (κ2) is 7.40. The van der Waals surface area contributed by atoms with E-state index in [-0.39, 0.29) is 23.1 Å². The van der Waals surface area contributed by atoms with Gasteiger partial charge >= 0.3 is 6.61 Å². The van der Waals surface area contributed by atoms with Crippen LogP contribution in [0.5, 0.6) is 5.75 Å². The van der Waals surface area contributed by atoms with Crippen LogP contribution in [0.2, 0.25) is 0 Å². The molecule has 1 atom stereocenters. The van der Waals surface area contributed by atoms with Gasteiger partial charge in [-0.1, -0.05) is 13.8 Å². The standard InChI is InChI=1S/C12H17F2NO3S/c1-7(2)8(16)3-5-15-11(17)10-9(4-6-19-10)18-12(13)14/h4,6-8,12,16H,3,5H2,1-2H3,(H,15,17)/t8-/m0/s1. The lowest BCUT2D eigenvalue weighted by Gasteiger charge is -2.14. The summed E-state index contributed by atoms with van der Waals surface area (Å²) in [5.41, 5.74) is 0. The molecule has 0 unspecified atom stereocenters. The second-order valence-electron chi connectivity index (χ2n) is 4.35. The molecule has 1 amide bonds. The maximum atomic E-state index is 12.1. The van der Waals surface area contributed by atoms with E-state index in [2.05, 4.69) is 10.1 Å². The lowest BCUT2D eigenvalue weighted by molar-refractivity contribution is -0.0498. The molecule has 4 nitrogen and oxygen atoms in total. The van der Waals surface area contributed by atoms with Gasteiger partial charge in [0.25, 0.3) is 5.91 Å². The molecule has 0 radical (unpaired) electrons. The Kier molecular flexibility index (Phi) is 6.17. The minimum Gasteiger partial charge on any atom is -0.433 e. The van der Waals surface area contributed by atoms with Crippen molar-refractivity contribution in [3.05, 3.63) is 16.3 Å². The molecule has 0 aliphatic rings. The summed E-state index contributed by atoms with van der Waals surface area (Å²) in [6.07, 6.45) is -0.0831. The third kappa shape index (κ3) is 5.12. The Balaban J connectivity index is 2.48. The van der Waals surface area contributed by atoms with Crippen LogP contribution in [-0.4, -0.2) is 30.3 Å². The number of halogens is 2. The van der Waals surface area contributed by atoms with Gasteiger partial charge in [-0.05, 0) is 23.8 Å². The van der Waals surface area contributed by atoms with Crippen LogP contribution in [0, 0.1) is 5.92 Å². The average molecular weight is 293 g/mol. The number of thiophene rings is 1. The molecule has 7 heteroatoms. The molecule has 0 spiro atoms. The summed E-state index contributed by atoms with van der Waals surface area (Å²) in [6, 6.07) is 1.33. The summed E-state index contributed by atoms with van der Waals surface area (Å²) in [6.45, 7) is 1.08. The number of hydrogen-bond acceptors (Lipinski definition) is 4. The number of rotatable bonds is 7. The summed E-state index contributed by atoms with van der Waals surface area (Å²) in [5, 5.41) is 13.7. The molecule has 1 rings (SSSR count). The molecule has 0 saturated carbocycles. The van der Waals surface area contributed by atoms with Crippen molar-refractivity contribution in [2.75, 3.05) is 6.54 Å². The molecule has 1 aromatic heterocycles. The van der Waals surface area contributed by atoms with Crippen molar-refractivity contribution in [3.63, 3.8) is 0 Å². The number of hydrogen-bond donors (Lipinski definition) is 2. The average Bonchev–Trinajstić information content (AvgIpc) is 2.75. The number of carbonyl (C=O) groups is 1. The monoisotopic (exact) mass is 293 g/mol. The third-order valence-electron chi connectivity index (χ3n) is 2.55.